The topological polar surface area (TPSA) is 117 Å². The molecule has 8 nitrogen and oxygen atoms in total. The maximum atomic E-state index is 12.5. The van der Waals surface area contributed by atoms with Crippen LogP contribution in [0.15, 0.2) is 60.0 Å². The number of hydrogen-bond acceptors (Lipinski definition) is 7. The molecule has 1 aliphatic rings. The Balaban J connectivity index is 1.33. The summed E-state index contributed by atoms with van der Waals surface area (Å²) in [5, 5.41) is 13.5. The zero-order valence-electron chi connectivity index (χ0n) is 16.5. The second-order valence-corrected chi connectivity index (χ2v) is 7.75. The molecule has 158 valence electrons. The molecule has 0 atom stereocenters. The predicted octanol–water partition coefficient (Wildman–Crippen LogP) is 3.21. The van der Waals surface area contributed by atoms with Crippen molar-refractivity contribution in [2.75, 3.05) is 11.9 Å². The molecule has 3 amide bonds. The molecular formula is C23H15N3O5S. The van der Waals surface area contributed by atoms with Crippen LogP contribution in [-0.2, 0) is 16.1 Å². The lowest BCUT2D eigenvalue weighted by Gasteiger charge is -2.14. The zero-order valence-corrected chi connectivity index (χ0v) is 17.3. The molecule has 1 aliphatic heterocycles. The van der Waals surface area contributed by atoms with Gasteiger partial charge in [-0.1, -0.05) is 24.3 Å². The van der Waals surface area contributed by atoms with Crippen LogP contribution in [-0.4, -0.2) is 35.2 Å². The number of amides is 3. The molecule has 4 rings (SSSR count). The standard InChI is InChI=1S/C23H15N3O5S/c24-11-16-9-10-32-20(16)25-19(27)13-31-23(30)15-7-5-14(6-8-15)12-26-21(28)17-3-1-2-4-18(17)22(26)29/h1-10H,12-13H2,(H,25,27). The van der Waals surface area contributed by atoms with E-state index >= 15 is 0 Å². The van der Waals surface area contributed by atoms with E-state index < -0.39 is 18.5 Å². The number of carbonyl (C=O) groups is 4. The first-order chi connectivity index (χ1) is 15.5. The van der Waals surface area contributed by atoms with E-state index in [0.29, 0.717) is 27.3 Å². The van der Waals surface area contributed by atoms with E-state index in [0.717, 1.165) is 4.90 Å². The van der Waals surface area contributed by atoms with Gasteiger partial charge in [0, 0.05) is 0 Å². The van der Waals surface area contributed by atoms with Crippen molar-refractivity contribution in [2.45, 2.75) is 6.54 Å². The number of hydrogen-bond donors (Lipinski definition) is 1. The van der Waals surface area contributed by atoms with Crippen molar-refractivity contribution in [3.05, 3.63) is 87.8 Å². The minimum Gasteiger partial charge on any atom is -0.452 e. The van der Waals surface area contributed by atoms with Gasteiger partial charge in [-0.3, -0.25) is 19.3 Å². The Bertz CT molecular complexity index is 1240. The fourth-order valence-corrected chi connectivity index (χ4v) is 3.94. The Morgan fingerprint density at radius 2 is 1.66 bits per heavy atom. The van der Waals surface area contributed by atoms with Crippen molar-refractivity contribution in [3.63, 3.8) is 0 Å². The molecule has 0 aliphatic carbocycles. The van der Waals surface area contributed by atoms with Crippen molar-refractivity contribution in [1.29, 1.82) is 5.26 Å². The molecule has 0 bridgehead atoms. The summed E-state index contributed by atoms with van der Waals surface area (Å²) < 4.78 is 5.01. The fraction of sp³-hybridized carbons (Fsp3) is 0.0870. The van der Waals surface area contributed by atoms with Crippen LogP contribution in [0.1, 0.15) is 42.2 Å². The molecule has 3 aromatic rings. The summed E-state index contributed by atoms with van der Waals surface area (Å²) >= 11 is 1.20. The Kier molecular flexibility index (Phi) is 5.79. The van der Waals surface area contributed by atoms with Crippen molar-refractivity contribution < 1.29 is 23.9 Å². The third kappa shape index (κ3) is 4.12. The van der Waals surface area contributed by atoms with Crippen LogP contribution in [0.2, 0.25) is 0 Å². The van der Waals surface area contributed by atoms with Crippen molar-refractivity contribution >= 4 is 40.0 Å². The zero-order chi connectivity index (χ0) is 22.7. The molecule has 2 aromatic carbocycles. The normalized spacial score (nSPS) is 12.3. The molecule has 1 aromatic heterocycles. The van der Waals surface area contributed by atoms with Gasteiger partial charge in [0.2, 0.25) is 0 Å². The summed E-state index contributed by atoms with van der Waals surface area (Å²) in [6.07, 6.45) is 0. The maximum absolute atomic E-state index is 12.5. The quantitative estimate of drug-likeness (QED) is 0.460. The highest BCUT2D eigenvalue weighted by Gasteiger charge is 2.34. The number of nitrogens with zero attached hydrogens (tertiary/aromatic N) is 2. The number of rotatable bonds is 6. The predicted molar refractivity (Wildman–Crippen MR) is 115 cm³/mol. The number of ether oxygens (including phenoxy) is 1. The van der Waals surface area contributed by atoms with Gasteiger partial charge in [-0.05, 0) is 41.3 Å². The highest BCUT2D eigenvalue weighted by molar-refractivity contribution is 7.14. The summed E-state index contributed by atoms with van der Waals surface area (Å²) in [4.78, 5) is 50.3. The second kappa shape index (κ2) is 8.83. The Morgan fingerprint density at radius 1 is 1.00 bits per heavy atom. The van der Waals surface area contributed by atoms with E-state index in [1.807, 2.05) is 6.07 Å². The molecule has 0 unspecified atom stereocenters. The third-order valence-corrected chi connectivity index (χ3v) is 5.61. The van der Waals surface area contributed by atoms with E-state index in [4.69, 9.17) is 10.00 Å². The van der Waals surface area contributed by atoms with E-state index in [9.17, 15) is 19.2 Å². The monoisotopic (exact) mass is 445 g/mol. The SMILES string of the molecule is N#Cc1ccsc1NC(=O)COC(=O)c1ccc(CN2C(=O)c3ccccc3C2=O)cc1. The van der Waals surface area contributed by atoms with Crippen LogP contribution in [0.4, 0.5) is 5.00 Å². The summed E-state index contributed by atoms with van der Waals surface area (Å²) in [5.74, 6) is -1.96. The number of fused-ring (bicyclic) bond motifs is 1. The van der Waals surface area contributed by atoms with Gasteiger partial charge in [-0.25, -0.2) is 4.79 Å². The smallest absolute Gasteiger partial charge is 0.338 e. The van der Waals surface area contributed by atoms with E-state index in [2.05, 4.69) is 5.32 Å². The van der Waals surface area contributed by atoms with E-state index in [-0.39, 0.29) is 23.9 Å². The molecule has 2 heterocycles. The minimum absolute atomic E-state index is 0.0755. The first kappa shape index (κ1) is 21.0. The molecule has 0 spiro atoms. The van der Waals surface area contributed by atoms with Gasteiger partial charge in [0.05, 0.1) is 28.8 Å². The van der Waals surface area contributed by atoms with Gasteiger partial charge in [0.25, 0.3) is 17.7 Å². The van der Waals surface area contributed by atoms with Gasteiger partial charge < -0.3 is 10.1 Å². The van der Waals surface area contributed by atoms with Crippen LogP contribution in [0.5, 0.6) is 0 Å². The average Bonchev–Trinajstić information content (AvgIpc) is 3.36. The van der Waals surface area contributed by atoms with Crippen LogP contribution < -0.4 is 5.32 Å². The molecule has 0 saturated carbocycles. The first-order valence-corrected chi connectivity index (χ1v) is 10.3. The Morgan fingerprint density at radius 3 is 2.28 bits per heavy atom. The lowest BCUT2D eigenvalue weighted by molar-refractivity contribution is -0.119. The molecule has 32 heavy (non-hydrogen) atoms. The fourth-order valence-electron chi connectivity index (χ4n) is 3.18. The summed E-state index contributed by atoms with van der Waals surface area (Å²) in [7, 11) is 0. The minimum atomic E-state index is -0.695. The van der Waals surface area contributed by atoms with Gasteiger partial charge in [0.15, 0.2) is 6.61 Å². The third-order valence-electron chi connectivity index (χ3n) is 4.78. The van der Waals surface area contributed by atoms with Crippen LogP contribution in [0.25, 0.3) is 0 Å². The number of imide groups is 1. The van der Waals surface area contributed by atoms with Gasteiger partial charge in [-0.2, -0.15) is 5.26 Å². The van der Waals surface area contributed by atoms with Crippen LogP contribution in [0, 0.1) is 11.3 Å². The number of nitrogens with one attached hydrogen (secondary N) is 1. The lowest BCUT2D eigenvalue weighted by atomic mass is 10.1. The molecule has 1 N–H and O–H groups in total. The number of carbonyl (C=O) groups excluding carboxylic acids is 4. The second-order valence-electron chi connectivity index (χ2n) is 6.84. The van der Waals surface area contributed by atoms with Crippen molar-refractivity contribution in [1.82, 2.24) is 4.90 Å². The number of esters is 1. The Hall–Kier alpha value is -4.29. The summed E-state index contributed by atoms with van der Waals surface area (Å²) in [6, 6.07) is 16.4. The van der Waals surface area contributed by atoms with E-state index in [1.165, 1.54) is 23.5 Å². The summed E-state index contributed by atoms with van der Waals surface area (Å²) in [6.45, 7) is -0.426. The Labute approximate surface area is 186 Å². The van der Waals surface area contributed by atoms with Gasteiger partial charge >= 0.3 is 5.97 Å². The molecular weight excluding hydrogens is 430 g/mol. The van der Waals surface area contributed by atoms with Crippen molar-refractivity contribution in [3.8, 4) is 6.07 Å². The molecule has 0 fully saturated rings. The lowest BCUT2D eigenvalue weighted by Crippen LogP contribution is -2.29. The molecule has 0 saturated heterocycles. The highest BCUT2D eigenvalue weighted by Crippen LogP contribution is 2.24. The number of nitriles is 1. The number of thiophene rings is 1. The molecule has 9 heteroatoms. The summed E-state index contributed by atoms with van der Waals surface area (Å²) in [5.41, 5.74) is 1.97. The number of anilines is 1. The van der Waals surface area contributed by atoms with E-state index in [1.54, 1.807) is 47.8 Å². The average molecular weight is 445 g/mol. The van der Waals surface area contributed by atoms with Crippen molar-refractivity contribution in [2.24, 2.45) is 0 Å². The highest BCUT2D eigenvalue weighted by atomic mass is 32.1. The largest absolute Gasteiger partial charge is 0.452 e. The van der Waals surface area contributed by atoms with Gasteiger partial charge in [-0.15, -0.1) is 11.3 Å². The maximum Gasteiger partial charge on any atom is 0.338 e. The van der Waals surface area contributed by atoms with Crippen LogP contribution in [0.3, 0.4) is 0 Å². The number of benzene rings is 2. The molecule has 0 radical (unpaired) electrons. The first-order valence-electron chi connectivity index (χ1n) is 9.46. The van der Waals surface area contributed by atoms with Crippen LogP contribution >= 0.6 is 11.3 Å². The van der Waals surface area contributed by atoms with Gasteiger partial charge in [0.1, 0.15) is 11.1 Å².